The molecule has 2 aromatic heterocycles. The van der Waals surface area contributed by atoms with Crippen molar-refractivity contribution in [2.75, 3.05) is 0 Å². The third kappa shape index (κ3) is 4.78. The van der Waals surface area contributed by atoms with E-state index in [2.05, 4.69) is 170 Å². The lowest BCUT2D eigenvalue weighted by molar-refractivity contribution is 1.31. The Morgan fingerprint density at radius 1 is 0.302 bits per heavy atom. The summed E-state index contributed by atoms with van der Waals surface area (Å²) in [6, 6.07) is 62.2. The predicted molar refractivity (Wildman–Crippen MR) is 227 cm³/mol. The number of rotatable bonds is 4. The van der Waals surface area contributed by atoms with Crippen LogP contribution < -0.4 is 0 Å². The van der Waals surface area contributed by atoms with Gasteiger partial charge in [-0.1, -0.05) is 146 Å². The van der Waals surface area contributed by atoms with E-state index in [1.807, 2.05) is 11.3 Å². The van der Waals surface area contributed by atoms with Crippen LogP contribution in [0.3, 0.4) is 0 Å². The van der Waals surface area contributed by atoms with Gasteiger partial charge >= 0.3 is 0 Å². The zero-order valence-corrected chi connectivity index (χ0v) is 29.4. The van der Waals surface area contributed by atoms with Crippen LogP contribution in [0, 0.1) is 0 Å². The van der Waals surface area contributed by atoms with Crippen LogP contribution >= 0.6 is 11.3 Å². The van der Waals surface area contributed by atoms with Crippen molar-refractivity contribution in [2.45, 2.75) is 0 Å². The molecule has 0 saturated heterocycles. The quantitative estimate of drug-likeness (QED) is 0.172. The highest BCUT2D eigenvalue weighted by Gasteiger charge is 2.15. The first-order valence-electron chi connectivity index (χ1n) is 18.0. The van der Waals surface area contributed by atoms with Gasteiger partial charge < -0.3 is 0 Å². The van der Waals surface area contributed by atoms with E-state index in [9.17, 15) is 0 Å². The summed E-state index contributed by atoms with van der Waals surface area (Å²) in [5, 5.41) is 9.78. The van der Waals surface area contributed by atoms with Crippen LogP contribution in [-0.2, 0) is 0 Å². The maximum atomic E-state index is 4.75. The van der Waals surface area contributed by atoms with Crippen LogP contribution in [0.25, 0.3) is 108 Å². The SMILES string of the molecule is c1cc(-c2ccc3c(c2)c2ccccc2c2nccnc32)cc(-c2cccc3c(-c4cccc(-c5cccc6c5sc5ccccc56)c4)cccc23)c1. The molecule has 0 aliphatic heterocycles. The molecule has 0 saturated carbocycles. The zero-order chi connectivity index (χ0) is 34.9. The van der Waals surface area contributed by atoms with Gasteiger partial charge in [-0.2, -0.15) is 0 Å². The van der Waals surface area contributed by atoms with Crippen molar-refractivity contribution >= 4 is 74.9 Å². The fourth-order valence-corrected chi connectivity index (χ4v) is 9.56. The van der Waals surface area contributed by atoms with E-state index in [0.29, 0.717) is 0 Å². The molecule has 11 rings (SSSR count). The second kappa shape index (κ2) is 11.9. The van der Waals surface area contributed by atoms with Crippen molar-refractivity contribution in [3.8, 4) is 44.5 Å². The molecule has 3 heteroatoms. The number of benzene rings is 9. The first kappa shape index (κ1) is 30.0. The lowest BCUT2D eigenvalue weighted by Crippen LogP contribution is -1.89. The molecule has 9 aromatic carbocycles. The molecule has 0 spiro atoms. The average Bonchev–Trinajstić information content (AvgIpc) is 3.62. The van der Waals surface area contributed by atoms with E-state index in [0.717, 1.165) is 21.8 Å². The van der Waals surface area contributed by atoms with Crippen molar-refractivity contribution in [1.29, 1.82) is 0 Å². The monoisotopic (exact) mass is 690 g/mol. The van der Waals surface area contributed by atoms with Crippen LogP contribution in [0.4, 0.5) is 0 Å². The summed E-state index contributed by atoms with van der Waals surface area (Å²) in [4.78, 5) is 9.46. The summed E-state index contributed by atoms with van der Waals surface area (Å²) in [7, 11) is 0. The minimum absolute atomic E-state index is 0.940. The molecule has 0 aliphatic carbocycles. The van der Waals surface area contributed by atoms with E-state index in [1.54, 1.807) is 12.4 Å². The highest BCUT2D eigenvalue weighted by atomic mass is 32.1. The Balaban J connectivity index is 1.02. The van der Waals surface area contributed by atoms with Gasteiger partial charge in [0.25, 0.3) is 0 Å². The van der Waals surface area contributed by atoms with Crippen LogP contribution in [0.2, 0.25) is 0 Å². The van der Waals surface area contributed by atoms with E-state index in [-0.39, 0.29) is 0 Å². The molecule has 53 heavy (non-hydrogen) atoms. The maximum absolute atomic E-state index is 4.75. The van der Waals surface area contributed by atoms with Crippen molar-refractivity contribution in [2.24, 2.45) is 0 Å². The number of aromatic nitrogens is 2. The molecule has 0 amide bonds. The number of nitrogens with zero attached hydrogens (tertiary/aromatic N) is 2. The third-order valence-corrected chi connectivity index (χ3v) is 12.0. The van der Waals surface area contributed by atoms with Crippen LogP contribution in [-0.4, -0.2) is 9.97 Å². The molecule has 0 atom stereocenters. The molecule has 0 radical (unpaired) electrons. The molecular formula is C50H30N2S. The Kier molecular flexibility index (Phi) is 6.76. The van der Waals surface area contributed by atoms with Crippen LogP contribution in [0.1, 0.15) is 0 Å². The van der Waals surface area contributed by atoms with Gasteiger partial charge in [-0.3, -0.25) is 9.97 Å². The second-order valence-electron chi connectivity index (χ2n) is 13.7. The van der Waals surface area contributed by atoms with Crippen molar-refractivity contribution in [3.05, 3.63) is 182 Å². The van der Waals surface area contributed by atoms with Gasteiger partial charge in [0.1, 0.15) is 0 Å². The number of hydrogen-bond acceptors (Lipinski definition) is 3. The molecule has 0 bridgehead atoms. The van der Waals surface area contributed by atoms with Gasteiger partial charge in [0.15, 0.2) is 0 Å². The van der Waals surface area contributed by atoms with E-state index in [1.165, 1.54) is 86.2 Å². The molecule has 11 aromatic rings. The van der Waals surface area contributed by atoms with Crippen LogP contribution in [0.5, 0.6) is 0 Å². The Bertz CT molecular complexity index is 3210. The molecule has 0 aliphatic rings. The van der Waals surface area contributed by atoms with E-state index >= 15 is 0 Å². The Labute approximate surface area is 310 Å². The van der Waals surface area contributed by atoms with Gasteiger partial charge in [0.05, 0.1) is 11.0 Å². The molecular weight excluding hydrogens is 661 g/mol. The number of thiophene rings is 1. The Hall–Kier alpha value is -6.68. The summed E-state index contributed by atoms with van der Waals surface area (Å²) in [6.45, 7) is 0. The van der Waals surface area contributed by atoms with Gasteiger partial charge in [-0.05, 0) is 90.3 Å². The van der Waals surface area contributed by atoms with E-state index < -0.39 is 0 Å². The fourth-order valence-electron chi connectivity index (χ4n) is 8.32. The minimum Gasteiger partial charge on any atom is -0.252 e. The molecule has 2 nitrogen and oxygen atoms in total. The average molecular weight is 691 g/mol. The smallest absolute Gasteiger partial charge is 0.0971 e. The maximum Gasteiger partial charge on any atom is 0.0971 e. The van der Waals surface area contributed by atoms with Gasteiger partial charge in [-0.25, -0.2) is 0 Å². The Morgan fingerprint density at radius 3 is 1.51 bits per heavy atom. The summed E-state index contributed by atoms with van der Waals surface area (Å²) in [5.74, 6) is 0. The lowest BCUT2D eigenvalue weighted by Gasteiger charge is -2.14. The summed E-state index contributed by atoms with van der Waals surface area (Å²) >= 11 is 1.88. The number of hydrogen-bond donors (Lipinski definition) is 0. The standard InChI is InChI=1S/C50H30N2S/c1-2-16-43-41(14-1)46-30-32(24-25-44(46)49-48(43)51-26-27-52-49)31-10-5-11-33(28-31)36-17-7-21-40-37(18-8-20-39(36)40)34-12-6-13-35(29-34)38-19-9-22-45-42-15-3-4-23-47(42)53-50(38)45/h1-30H. The topological polar surface area (TPSA) is 25.8 Å². The fraction of sp³-hybridized carbons (Fsp3) is 0. The molecule has 0 N–H and O–H groups in total. The molecule has 2 heterocycles. The minimum atomic E-state index is 0.940. The van der Waals surface area contributed by atoms with Gasteiger partial charge in [-0.15, -0.1) is 11.3 Å². The second-order valence-corrected chi connectivity index (χ2v) is 14.8. The van der Waals surface area contributed by atoms with Crippen LogP contribution in [0.15, 0.2) is 182 Å². The Morgan fingerprint density at radius 2 is 0.792 bits per heavy atom. The normalized spacial score (nSPS) is 11.8. The summed E-state index contributed by atoms with van der Waals surface area (Å²) in [6.07, 6.45) is 3.56. The highest BCUT2D eigenvalue weighted by Crippen LogP contribution is 2.42. The first-order valence-corrected chi connectivity index (χ1v) is 18.8. The summed E-state index contributed by atoms with van der Waals surface area (Å²) in [5.41, 5.74) is 11.7. The van der Waals surface area contributed by atoms with Gasteiger partial charge in [0, 0.05) is 43.3 Å². The predicted octanol–water partition coefficient (Wildman–Crippen LogP) is 14.1. The highest BCUT2D eigenvalue weighted by molar-refractivity contribution is 7.26. The molecule has 0 unspecified atom stereocenters. The molecule has 246 valence electrons. The van der Waals surface area contributed by atoms with Crippen molar-refractivity contribution < 1.29 is 0 Å². The third-order valence-electron chi connectivity index (χ3n) is 10.8. The van der Waals surface area contributed by atoms with Crippen molar-refractivity contribution in [1.82, 2.24) is 9.97 Å². The molecule has 0 fully saturated rings. The first-order chi connectivity index (χ1) is 26.3. The summed E-state index contributed by atoms with van der Waals surface area (Å²) < 4.78 is 2.67. The number of fused-ring (bicyclic) bond motifs is 10. The van der Waals surface area contributed by atoms with Gasteiger partial charge in [0.2, 0.25) is 0 Å². The largest absolute Gasteiger partial charge is 0.252 e. The lowest BCUT2D eigenvalue weighted by atomic mass is 9.90. The van der Waals surface area contributed by atoms with Crippen molar-refractivity contribution in [3.63, 3.8) is 0 Å². The van der Waals surface area contributed by atoms with E-state index in [4.69, 9.17) is 9.97 Å². The zero-order valence-electron chi connectivity index (χ0n) is 28.6.